The molecule has 22 heavy (non-hydrogen) atoms. The van der Waals surface area contributed by atoms with Crippen molar-refractivity contribution < 1.29 is 19.1 Å². The molecule has 130 valence electrons. The Kier molecular flexibility index (Phi) is 8.13. The number of carbonyl (C=O) groups is 2. The highest BCUT2D eigenvalue weighted by Gasteiger charge is 2.27. The van der Waals surface area contributed by atoms with Crippen LogP contribution in [0.15, 0.2) is 0 Å². The highest BCUT2D eigenvalue weighted by molar-refractivity contribution is 5.80. The van der Waals surface area contributed by atoms with Gasteiger partial charge in [-0.3, -0.25) is 9.59 Å². The first-order valence-electron chi connectivity index (χ1n) is 8.12. The van der Waals surface area contributed by atoms with Crippen molar-refractivity contribution in [3.63, 3.8) is 0 Å². The molecule has 4 nitrogen and oxygen atoms in total. The zero-order chi connectivity index (χ0) is 17.6. The molecular formula is C18H34O4. The summed E-state index contributed by atoms with van der Waals surface area (Å²) >= 11 is 0. The quantitative estimate of drug-likeness (QED) is 0.660. The Balaban J connectivity index is 4.57. The molecule has 0 fully saturated rings. The van der Waals surface area contributed by atoms with Gasteiger partial charge in [-0.05, 0) is 23.2 Å². The monoisotopic (exact) mass is 314 g/mol. The molecular weight excluding hydrogens is 280 g/mol. The molecule has 0 aromatic heterocycles. The molecule has 0 aliphatic rings. The molecule has 0 aromatic rings. The van der Waals surface area contributed by atoms with E-state index in [4.69, 9.17) is 9.47 Å². The van der Waals surface area contributed by atoms with Crippen LogP contribution in [-0.2, 0) is 19.1 Å². The molecule has 0 rings (SSSR count). The first kappa shape index (κ1) is 20.9. The average Bonchev–Trinajstić information content (AvgIpc) is 2.30. The molecule has 0 radical (unpaired) electrons. The van der Waals surface area contributed by atoms with Crippen LogP contribution in [0.1, 0.15) is 68.2 Å². The van der Waals surface area contributed by atoms with E-state index >= 15 is 0 Å². The number of carbonyl (C=O) groups excluding carboxylic acids is 2. The third kappa shape index (κ3) is 11.6. The lowest BCUT2D eigenvalue weighted by Gasteiger charge is -2.23. The second-order valence-electron chi connectivity index (χ2n) is 8.92. The van der Waals surface area contributed by atoms with E-state index in [1.165, 1.54) is 0 Å². The summed E-state index contributed by atoms with van der Waals surface area (Å²) in [6, 6.07) is 0. The van der Waals surface area contributed by atoms with E-state index in [0.717, 1.165) is 0 Å². The van der Waals surface area contributed by atoms with Crippen LogP contribution < -0.4 is 0 Å². The minimum absolute atomic E-state index is 0.0735. The summed E-state index contributed by atoms with van der Waals surface area (Å²) in [4.78, 5) is 24.2. The third-order valence-electron chi connectivity index (χ3n) is 2.82. The molecule has 0 saturated carbocycles. The highest BCUT2D eigenvalue weighted by atomic mass is 16.5. The van der Waals surface area contributed by atoms with Gasteiger partial charge in [-0.25, -0.2) is 0 Å². The Morgan fingerprint density at radius 3 is 1.73 bits per heavy atom. The van der Waals surface area contributed by atoms with Crippen molar-refractivity contribution in [3.05, 3.63) is 0 Å². The Morgan fingerprint density at radius 1 is 0.864 bits per heavy atom. The normalized spacial score (nSPS) is 13.9. The molecule has 0 spiro atoms. The minimum Gasteiger partial charge on any atom is -0.465 e. The summed E-state index contributed by atoms with van der Waals surface area (Å²) in [5.74, 6) is -0.720. The largest absolute Gasteiger partial charge is 0.465 e. The molecule has 0 aromatic carbocycles. The average molecular weight is 314 g/mol. The number of hydrogen-bond donors (Lipinski definition) is 0. The van der Waals surface area contributed by atoms with Crippen molar-refractivity contribution in [1.82, 2.24) is 0 Å². The predicted molar refractivity (Wildman–Crippen MR) is 88.4 cm³/mol. The maximum atomic E-state index is 12.2. The third-order valence-corrected chi connectivity index (χ3v) is 2.82. The summed E-state index contributed by atoms with van der Waals surface area (Å²) in [6.07, 6.45) is 0.727. The van der Waals surface area contributed by atoms with Crippen molar-refractivity contribution in [3.8, 4) is 0 Å². The molecule has 0 N–H and O–H groups in total. The second-order valence-corrected chi connectivity index (χ2v) is 8.92. The van der Waals surface area contributed by atoms with Crippen molar-refractivity contribution in [2.24, 2.45) is 22.7 Å². The van der Waals surface area contributed by atoms with Gasteiger partial charge in [0.1, 0.15) is 0 Å². The van der Waals surface area contributed by atoms with Crippen molar-refractivity contribution in [2.45, 2.75) is 68.2 Å². The van der Waals surface area contributed by atoms with Gasteiger partial charge in [0.05, 0.1) is 25.6 Å². The van der Waals surface area contributed by atoms with E-state index in [0.29, 0.717) is 25.6 Å². The van der Waals surface area contributed by atoms with Gasteiger partial charge in [0.15, 0.2) is 0 Å². The van der Waals surface area contributed by atoms with E-state index in [1.54, 1.807) is 0 Å². The summed E-state index contributed by atoms with van der Waals surface area (Å²) in [5.41, 5.74) is -0.152. The molecule has 0 saturated heterocycles. The van der Waals surface area contributed by atoms with Gasteiger partial charge in [0.2, 0.25) is 0 Å². The van der Waals surface area contributed by atoms with Gasteiger partial charge in [-0.15, -0.1) is 0 Å². The predicted octanol–water partition coefficient (Wildman–Crippen LogP) is 4.22. The summed E-state index contributed by atoms with van der Waals surface area (Å²) in [6.45, 7) is 16.8. The van der Waals surface area contributed by atoms with Gasteiger partial charge in [0, 0.05) is 0 Å². The van der Waals surface area contributed by atoms with Crippen LogP contribution in [0.4, 0.5) is 0 Å². The SMILES string of the molecule is CC(C)CC(CC(=O)OCC(C)(C)C)C(=O)OCC(C)(C)C. The van der Waals surface area contributed by atoms with Crippen LogP contribution in [-0.4, -0.2) is 25.2 Å². The van der Waals surface area contributed by atoms with E-state index in [2.05, 4.69) is 0 Å². The maximum absolute atomic E-state index is 12.2. The zero-order valence-electron chi connectivity index (χ0n) is 15.6. The van der Waals surface area contributed by atoms with Crippen LogP contribution in [0.2, 0.25) is 0 Å². The van der Waals surface area contributed by atoms with Crippen LogP contribution in [0.5, 0.6) is 0 Å². The number of esters is 2. The smallest absolute Gasteiger partial charge is 0.309 e. The number of ether oxygens (including phenoxy) is 2. The highest BCUT2D eigenvalue weighted by Crippen LogP contribution is 2.21. The molecule has 4 heteroatoms. The Hall–Kier alpha value is -1.06. The molecule has 1 atom stereocenters. The minimum atomic E-state index is -0.421. The van der Waals surface area contributed by atoms with Gasteiger partial charge >= 0.3 is 11.9 Å². The molecule has 0 aliphatic carbocycles. The van der Waals surface area contributed by atoms with Gasteiger partial charge in [-0.2, -0.15) is 0 Å². The van der Waals surface area contributed by atoms with Crippen LogP contribution >= 0.6 is 0 Å². The van der Waals surface area contributed by atoms with Crippen LogP contribution in [0.3, 0.4) is 0 Å². The van der Waals surface area contributed by atoms with Crippen molar-refractivity contribution >= 4 is 11.9 Å². The maximum Gasteiger partial charge on any atom is 0.309 e. The van der Waals surface area contributed by atoms with Gasteiger partial charge in [-0.1, -0.05) is 55.4 Å². The standard InChI is InChI=1S/C18H34O4/c1-13(2)9-14(16(20)22-12-18(6,7)8)10-15(19)21-11-17(3,4)5/h13-14H,9-12H2,1-8H3. The fourth-order valence-electron chi connectivity index (χ4n) is 1.79. The summed E-state index contributed by atoms with van der Waals surface area (Å²) in [5, 5.41) is 0. The van der Waals surface area contributed by atoms with E-state index in [9.17, 15) is 9.59 Å². The van der Waals surface area contributed by atoms with E-state index in [-0.39, 0.29) is 29.2 Å². The fraction of sp³-hybridized carbons (Fsp3) is 0.889. The molecule has 0 aliphatic heterocycles. The van der Waals surface area contributed by atoms with Crippen LogP contribution in [0.25, 0.3) is 0 Å². The van der Waals surface area contributed by atoms with E-state index in [1.807, 2.05) is 55.4 Å². The van der Waals surface area contributed by atoms with Crippen molar-refractivity contribution in [1.29, 1.82) is 0 Å². The molecule has 1 unspecified atom stereocenters. The van der Waals surface area contributed by atoms with E-state index < -0.39 is 5.92 Å². The van der Waals surface area contributed by atoms with Gasteiger partial charge < -0.3 is 9.47 Å². The molecule has 0 heterocycles. The summed E-state index contributed by atoms with van der Waals surface area (Å²) in [7, 11) is 0. The topological polar surface area (TPSA) is 52.6 Å². The number of hydrogen-bond acceptors (Lipinski definition) is 4. The second kappa shape index (κ2) is 8.54. The lowest BCUT2D eigenvalue weighted by Crippen LogP contribution is -2.28. The van der Waals surface area contributed by atoms with Crippen molar-refractivity contribution in [2.75, 3.05) is 13.2 Å². The Bertz CT molecular complexity index is 358. The van der Waals surface area contributed by atoms with Crippen LogP contribution in [0, 0.1) is 22.7 Å². The first-order valence-corrected chi connectivity index (χ1v) is 8.12. The molecule has 0 bridgehead atoms. The first-order chi connectivity index (χ1) is 9.80. The zero-order valence-corrected chi connectivity index (χ0v) is 15.6. The van der Waals surface area contributed by atoms with Gasteiger partial charge in [0.25, 0.3) is 0 Å². The lowest BCUT2D eigenvalue weighted by molar-refractivity contribution is -0.158. The molecule has 0 amide bonds. The fourth-order valence-corrected chi connectivity index (χ4v) is 1.79. The lowest BCUT2D eigenvalue weighted by atomic mass is 9.93. The number of rotatable bonds is 7. The summed E-state index contributed by atoms with van der Waals surface area (Å²) < 4.78 is 10.6. The Morgan fingerprint density at radius 2 is 1.32 bits per heavy atom. The Labute approximate surface area is 135 Å².